The quantitative estimate of drug-likeness (QED) is 0.504. The molecule has 106 valence electrons. The summed E-state index contributed by atoms with van der Waals surface area (Å²) < 4.78 is 0. The van der Waals surface area contributed by atoms with E-state index in [0.29, 0.717) is 6.54 Å². The van der Waals surface area contributed by atoms with Crippen LogP contribution < -0.4 is 5.32 Å². The highest BCUT2D eigenvalue weighted by molar-refractivity contribution is 7.09. The minimum Gasteiger partial charge on any atom is -0.312 e. The zero-order valence-corrected chi connectivity index (χ0v) is 12.4. The Balaban J connectivity index is 1.88. The topological polar surface area (TPSA) is 68.1 Å². The molecule has 0 radical (unpaired) electrons. The summed E-state index contributed by atoms with van der Waals surface area (Å²) in [6.45, 7) is 5.23. The first-order valence-electron chi connectivity index (χ1n) is 6.42. The normalized spacial score (nSPS) is 10.7. The molecule has 0 aliphatic rings. The lowest BCUT2D eigenvalue weighted by Crippen LogP contribution is -2.17. The Hall–Kier alpha value is -1.79. The fourth-order valence-corrected chi connectivity index (χ4v) is 2.67. The molecule has 0 atom stereocenters. The molecule has 6 heteroatoms. The predicted octanol–water partition coefficient (Wildman–Crippen LogP) is 3.00. The van der Waals surface area contributed by atoms with E-state index in [2.05, 4.69) is 15.7 Å². The lowest BCUT2D eigenvalue weighted by molar-refractivity contribution is -0.385. The minimum absolute atomic E-state index is 0.180. The van der Waals surface area contributed by atoms with Gasteiger partial charge in [0.25, 0.3) is 5.69 Å². The lowest BCUT2D eigenvalue weighted by atomic mass is 10.1. The second-order valence-corrected chi connectivity index (χ2v) is 5.67. The maximum Gasteiger partial charge on any atom is 0.272 e. The zero-order valence-electron chi connectivity index (χ0n) is 11.5. The number of aryl methyl sites for hydroxylation is 1. The van der Waals surface area contributed by atoms with Crippen molar-refractivity contribution in [3.05, 3.63) is 55.5 Å². The Bertz CT molecular complexity index is 610. The van der Waals surface area contributed by atoms with Crippen molar-refractivity contribution in [1.29, 1.82) is 0 Å². The van der Waals surface area contributed by atoms with Gasteiger partial charge in [-0.15, -0.1) is 11.3 Å². The summed E-state index contributed by atoms with van der Waals surface area (Å²) in [5.41, 5.74) is 2.97. The third kappa shape index (κ3) is 3.61. The van der Waals surface area contributed by atoms with Crippen LogP contribution in [0.1, 0.15) is 21.8 Å². The largest absolute Gasteiger partial charge is 0.312 e. The Kier molecular flexibility index (Phi) is 4.81. The van der Waals surface area contributed by atoms with Gasteiger partial charge in [0.1, 0.15) is 0 Å². The Morgan fingerprint density at radius 1 is 1.40 bits per heavy atom. The molecule has 0 bridgehead atoms. The number of nitrogens with one attached hydrogen (secondary N) is 1. The van der Waals surface area contributed by atoms with Gasteiger partial charge in [-0.1, -0.05) is 12.1 Å². The summed E-state index contributed by atoms with van der Waals surface area (Å²) in [6, 6.07) is 5.19. The SMILES string of the molecule is Cc1nc(CCNCc2cccc([N+](=O)[O-])c2C)cs1. The van der Waals surface area contributed by atoms with Gasteiger partial charge in [-0.2, -0.15) is 0 Å². The molecule has 0 unspecified atom stereocenters. The van der Waals surface area contributed by atoms with Crippen molar-refractivity contribution in [3.8, 4) is 0 Å². The smallest absolute Gasteiger partial charge is 0.272 e. The van der Waals surface area contributed by atoms with Crippen LogP contribution in [0.3, 0.4) is 0 Å². The third-order valence-electron chi connectivity index (χ3n) is 3.15. The first-order chi connectivity index (χ1) is 9.58. The number of nitrogens with zero attached hydrogens (tertiary/aromatic N) is 2. The summed E-state index contributed by atoms with van der Waals surface area (Å²) in [6.07, 6.45) is 0.873. The van der Waals surface area contributed by atoms with E-state index in [4.69, 9.17) is 0 Å². The number of aromatic nitrogens is 1. The molecular weight excluding hydrogens is 274 g/mol. The van der Waals surface area contributed by atoms with Crippen molar-refractivity contribution in [2.75, 3.05) is 6.54 Å². The van der Waals surface area contributed by atoms with E-state index in [0.717, 1.165) is 34.8 Å². The van der Waals surface area contributed by atoms with E-state index < -0.39 is 0 Å². The van der Waals surface area contributed by atoms with Crippen molar-refractivity contribution in [1.82, 2.24) is 10.3 Å². The molecule has 0 aliphatic heterocycles. The number of nitro benzene ring substituents is 1. The fourth-order valence-electron chi connectivity index (χ4n) is 2.02. The van der Waals surface area contributed by atoms with E-state index in [9.17, 15) is 10.1 Å². The number of benzene rings is 1. The van der Waals surface area contributed by atoms with Crippen molar-refractivity contribution in [2.45, 2.75) is 26.8 Å². The summed E-state index contributed by atoms with van der Waals surface area (Å²) in [7, 11) is 0. The average Bonchev–Trinajstić information content (AvgIpc) is 2.82. The standard InChI is InChI=1S/C14H17N3O2S/c1-10-12(4-3-5-14(10)17(18)19)8-15-7-6-13-9-20-11(2)16-13/h3-5,9,15H,6-8H2,1-2H3. The molecule has 2 rings (SSSR count). The van der Waals surface area contributed by atoms with Gasteiger partial charge in [0.2, 0.25) is 0 Å². The summed E-state index contributed by atoms with van der Waals surface area (Å²) in [4.78, 5) is 14.9. The van der Waals surface area contributed by atoms with Crippen LogP contribution in [0.15, 0.2) is 23.6 Å². The molecule has 1 N–H and O–H groups in total. The number of rotatable bonds is 6. The van der Waals surface area contributed by atoms with Gasteiger partial charge >= 0.3 is 0 Å². The summed E-state index contributed by atoms with van der Waals surface area (Å²) >= 11 is 1.65. The number of nitro groups is 1. The zero-order chi connectivity index (χ0) is 14.5. The molecule has 5 nitrogen and oxygen atoms in total. The predicted molar refractivity (Wildman–Crippen MR) is 80.1 cm³/mol. The molecule has 2 aromatic rings. The van der Waals surface area contributed by atoms with Crippen LogP contribution in [0.2, 0.25) is 0 Å². The second kappa shape index (κ2) is 6.58. The van der Waals surface area contributed by atoms with Gasteiger partial charge in [0.05, 0.1) is 15.6 Å². The molecule has 0 spiro atoms. The maximum absolute atomic E-state index is 10.9. The van der Waals surface area contributed by atoms with Crippen molar-refractivity contribution < 1.29 is 4.92 Å². The third-order valence-corrected chi connectivity index (χ3v) is 3.98. The Morgan fingerprint density at radius 3 is 2.85 bits per heavy atom. The van der Waals surface area contributed by atoms with Gasteiger partial charge in [-0.05, 0) is 19.4 Å². The van der Waals surface area contributed by atoms with E-state index >= 15 is 0 Å². The van der Waals surface area contributed by atoms with Crippen LogP contribution in [0.5, 0.6) is 0 Å². The molecular formula is C14H17N3O2S. The Labute approximate surface area is 121 Å². The van der Waals surface area contributed by atoms with E-state index in [1.165, 1.54) is 6.07 Å². The molecule has 0 saturated carbocycles. The van der Waals surface area contributed by atoms with Crippen molar-refractivity contribution >= 4 is 17.0 Å². The average molecular weight is 291 g/mol. The van der Waals surface area contributed by atoms with Gasteiger partial charge in [-0.3, -0.25) is 10.1 Å². The van der Waals surface area contributed by atoms with Gasteiger partial charge in [0, 0.05) is 36.5 Å². The number of hydrogen-bond acceptors (Lipinski definition) is 5. The van der Waals surface area contributed by atoms with Crippen molar-refractivity contribution in [3.63, 3.8) is 0 Å². The summed E-state index contributed by atoms with van der Waals surface area (Å²) in [5, 5.41) is 17.3. The lowest BCUT2D eigenvalue weighted by Gasteiger charge is -2.07. The molecule has 0 fully saturated rings. The molecule has 1 heterocycles. The highest BCUT2D eigenvalue weighted by atomic mass is 32.1. The van der Waals surface area contributed by atoms with Crippen LogP contribution in [-0.4, -0.2) is 16.5 Å². The van der Waals surface area contributed by atoms with Crippen LogP contribution >= 0.6 is 11.3 Å². The molecule has 1 aromatic carbocycles. The second-order valence-electron chi connectivity index (χ2n) is 4.60. The number of hydrogen-bond donors (Lipinski definition) is 1. The first-order valence-corrected chi connectivity index (χ1v) is 7.30. The van der Waals surface area contributed by atoms with E-state index in [1.54, 1.807) is 24.3 Å². The van der Waals surface area contributed by atoms with Crippen LogP contribution in [-0.2, 0) is 13.0 Å². The molecule has 0 saturated heterocycles. The van der Waals surface area contributed by atoms with Gasteiger partial charge < -0.3 is 5.32 Å². The van der Waals surface area contributed by atoms with Crippen LogP contribution in [0, 0.1) is 24.0 Å². The Morgan fingerprint density at radius 2 is 2.20 bits per heavy atom. The molecule has 0 aliphatic carbocycles. The summed E-state index contributed by atoms with van der Waals surface area (Å²) in [5.74, 6) is 0. The fraction of sp³-hybridized carbons (Fsp3) is 0.357. The number of thiazole rings is 1. The highest BCUT2D eigenvalue weighted by Crippen LogP contribution is 2.20. The van der Waals surface area contributed by atoms with Crippen LogP contribution in [0.25, 0.3) is 0 Å². The van der Waals surface area contributed by atoms with E-state index in [-0.39, 0.29) is 10.6 Å². The molecule has 20 heavy (non-hydrogen) atoms. The molecule has 0 amide bonds. The first kappa shape index (κ1) is 14.6. The molecule has 1 aromatic heterocycles. The van der Waals surface area contributed by atoms with E-state index in [1.807, 2.05) is 13.0 Å². The maximum atomic E-state index is 10.9. The monoisotopic (exact) mass is 291 g/mol. The van der Waals surface area contributed by atoms with Gasteiger partial charge in [-0.25, -0.2) is 4.98 Å². The van der Waals surface area contributed by atoms with Crippen LogP contribution in [0.4, 0.5) is 5.69 Å². The highest BCUT2D eigenvalue weighted by Gasteiger charge is 2.12. The van der Waals surface area contributed by atoms with Gasteiger partial charge in [0.15, 0.2) is 0 Å². The van der Waals surface area contributed by atoms with Crippen molar-refractivity contribution in [2.24, 2.45) is 0 Å². The minimum atomic E-state index is -0.336.